The highest BCUT2D eigenvalue weighted by atomic mass is 16.3. The molecule has 0 aromatic carbocycles. The van der Waals surface area contributed by atoms with E-state index >= 15 is 0 Å². The van der Waals surface area contributed by atoms with Gasteiger partial charge in [0.15, 0.2) is 0 Å². The van der Waals surface area contributed by atoms with Crippen LogP contribution in [0.1, 0.15) is 17.0 Å². The fraction of sp³-hybridized carbons (Fsp3) is 0.357. The molecule has 96 valence electrons. The highest BCUT2D eigenvalue weighted by Gasteiger charge is 2.04. The molecule has 18 heavy (non-hydrogen) atoms. The zero-order valence-electron chi connectivity index (χ0n) is 10.9. The first kappa shape index (κ1) is 12.8. The van der Waals surface area contributed by atoms with E-state index < -0.39 is 0 Å². The Labute approximate surface area is 108 Å². The largest absolute Gasteiger partial charge is 0.472 e. The molecule has 0 aliphatic rings. The average Bonchev–Trinajstić information content (AvgIpc) is 2.82. The Morgan fingerprint density at radius 2 is 2.06 bits per heavy atom. The molecule has 0 radical (unpaired) electrons. The third-order valence-electron chi connectivity index (χ3n) is 2.69. The molecule has 2 rings (SSSR count). The lowest BCUT2D eigenvalue weighted by molar-refractivity contribution is 0.313. The van der Waals surface area contributed by atoms with Crippen LogP contribution in [0.4, 0.5) is 0 Å². The van der Waals surface area contributed by atoms with Crippen LogP contribution in [-0.4, -0.2) is 24.0 Å². The van der Waals surface area contributed by atoms with Crippen molar-refractivity contribution < 1.29 is 4.42 Å². The number of pyridine rings is 1. The summed E-state index contributed by atoms with van der Waals surface area (Å²) in [5.41, 5.74) is 3.35. The lowest BCUT2D eigenvalue weighted by atomic mass is 10.2. The molecule has 1 N–H and O–H groups in total. The van der Waals surface area contributed by atoms with Crippen molar-refractivity contribution in [3.05, 3.63) is 53.7 Å². The van der Waals surface area contributed by atoms with Gasteiger partial charge in [0.1, 0.15) is 0 Å². The van der Waals surface area contributed by atoms with Crippen molar-refractivity contribution in [2.24, 2.45) is 0 Å². The Bertz CT molecular complexity index is 468. The van der Waals surface area contributed by atoms with Gasteiger partial charge in [-0.3, -0.25) is 9.88 Å². The van der Waals surface area contributed by atoms with Crippen LogP contribution >= 0.6 is 0 Å². The van der Waals surface area contributed by atoms with Crippen molar-refractivity contribution >= 4 is 0 Å². The summed E-state index contributed by atoms with van der Waals surface area (Å²) in [5, 5.41) is 3.11. The maximum atomic E-state index is 5.07. The molecule has 2 aromatic rings. The molecule has 0 amide bonds. The molecule has 0 aliphatic carbocycles. The first-order valence-electron chi connectivity index (χ1n) is 6.07. The number of rotatable bonds is 6. The van der Waals surface area contributed by atoms with Crippen LogP contribution in [0.25, 0.3) is 0 Å². The van der Waals surface area contributed by atoms with Crippen molar-refractivity contribution in [1.82, 2.24) is 15.2 Å². The van der Waals surface area contributed by atoms with Crippen LogP contribution in [0.2, 0.25) is 0 Å². The maximum Gasteiger partial charge on any atom is 0.0947 e. The molecule has 0 saturated heterocycles. The molecule has 0 fully saturated rings. The minimum absolute atomic E-state index is 0.805. The van der Waals surface area contributed by atoms with Gasteiger partial charge in [-0.2, -0.15) is 0 Å². The number of aromatic nitrogens is 1. The number of furan rings is 1. The summed E-state index contributed by atoms with van der Waals surface area (Å²) < 4.78 is 5.07. The summed E-state index contributed by atoms with van der Waals surface area (Å²) in [6.45, 7) is 2.51. The van der Waals surface area contributed by atoms with Gasteiger partial charge >= 0.3 is 0 Å². The van der Waals surface area contributed by atoms with E-state index in [-0.39, 0.29) is 0 Å². The normalized spacial score (nSPS) is 11.1. The van der Waals surface area contributed by atoms with Crippen molar-refractivity contribution in [2.75, 3.05) is 14.1 Å². The van der Waals surface area contributed by atoms with Crippen molar-refractivity contribution in [3.63, 3.8) is 0 Å². The van der Waals surface area contributed by atoms with E-state index in [1.807, 2.05) is 19.2 Å². The third kappa shape index (κ3) is 3.68. The second kappa shape index (κ2) is 6.33. The highest BCUT2D eigenvalue weighted by molar-refractivity contribution is 5.11. The standard InChI is InChI=1S/C14H19N3O/c1-15-8-13-4-3-5-14(16-13)10-17(2)9-12-6-7-18-11-12/h3-7,11,15H,8-10H2,1-2H3. The lowest BCUT2D eigenvalue weighted by Crippen LogP contribution is -2.18. The molecule has 4 heteroatoms. The number of hydrogen-bond donors (Lipinski definition) is 1. The molecule has 2 aromatic heterocycles. The van der Waals surface area contributed by atoms with E-state index in [9.17, 15) is 0 Å². The van der Waals surface area contributed by atoms with Gasteiger partial charge in [-0.25, -0.2) is 0 Å². The fourth-order valence-corrected chi connectivity index (χ4v) is 1.92. The summed E-state index contributed by atoms with van der Waals surface area (Å²) in [6.07, 6.45) is 3.48. The first-order valence-corrected chi connectivity index (χ1v) is 6.07. The van der Waals surface area contributed by atoms with E-state index in [1.54, 1.807) is 12.5 Å². The summed E-state index contributed by atoms with van der Waals surface area (Å²) in [4.78, 5) is 6.82. The van der Waals surface area contributed by atoms with E-state index in [0.717, 1.165) is 31.0 Å². The van der Waals surface area contributed by atoms with Crippen molar-refractivity contribution in [1.29, 1.82) is 0 Å². The number of nitrogens with zero attached hydrogens (tertiary/aromatic N) is 2. The smallest absolute Gasteiger partial charge is 0.0947 e. The Morgan fingerprint density at radius 3 is 2.78 bits per heavy atom. The summed E-state index contributed by atoms with van der Waals surface area (Å²) in [7, 11) is 4.01. The van der Waals surface area contributed by atoms with Crippen LogP contribution in [0.5, 0.6) is 0 Å². The minimum atomic E-state index is 0.805. The predicted octanol–water partition coefficient (Wildman–Crippen LogP) is 2.03. The fourth-order valence-electron chi connectivity index (χ4n) is 1.92. The molecule has 0 saturated carbocycles. The van der Waals surface area contributed by atoms with Crippen LogP contribution in [0, 0.1) is 0 Å². The van der Waals surface area contributed by atoms with Crippen LogP contribution in [0.3, 0.4) is 0 Å². The molecule has 0 bridgehead atoms. The molecule has 0 spiro atoms. The maximum absolute atomic E-state index is 5.07. The monoisotopic (exact) mass is 245 g/mol. The van der Waals surface area contributed by atoms with Gasteiger partial charge in [0, 0.05) is 25.2 Å². The molecule has 4 nitrogen and oxygen atoms in total. The lowest BCUT2D eigenvalue weighted by Gasteiger charge is -2.15. The number of nitrogens with one attached hydrogen (secondary N) is 1. The number of hydrogen-bond acceptors (Lipinski definition) is 4. The summed E-state index contributed by atoms with van der Waals surface area (Å²) in [5.74, 6) is 0. The second-order valence-corrected chi connectivity index (χ2v) is 4.45. The SMILES string of the molecule is CNCc1cccc(CN(C)Cc2ccoc2)n1. The summed E-state index contributed by atoms with van der Waals surface area (Å²) >= 11 is 0. The Morgan fingerprint density at radius 1 is 1.22 bits per heavy atom. The summed E-state index contributed by atoms with van der Waals surface area (Å²) in [6, 6.07) is 8.14. The topological polar surface area (TPSA) is 41.3 Å². The van der Waals surface area contributed by atoms with Crippen LogP contribution in [0.15, 0.2) is 41.2 Å². The third-order valence-corrected chi connectivity index (χ3v) is 2.69. The Kier molecular flexibility index (Phi) is 4.50. The van der Waals surface area contributed by atoms with Gasteiger partial charge in [-0.05, 0) is 32.3 Å². The molecular weight excluding hydrogens is 226 g/mol. The van der Waals surface area contributed by atoms with Gasteiger partial charge in [0.2, 0.25) is 0 Å². The highest BCUT2D eigenvalue weighted by Crippen LogP contribution is 2.07. The molecule has 0 atom stereocenters. The van der Waals surface area contributed by atoms with Gasteiger partial charge in [0.25, 0.3) is 0 Å². The van der Waals surface area contributed by atoms with Gasteiger partial charge in [-0.15, -0.1) is 0 Å². The Hall–Kier alpha value is -1.65. The van der Waals surface area contributed by atoms with Gasteiger partial charge < -0.3 is 9.73 Å². The molecule has 0 unspecified atom stereocenters. The second-order valence-electron chi connectivity index (χ2n) is 4.45. The minimum Gasteiger partial charge on any atom is -0.472 e. The van der Waals surface area contributed by atoms with Crippen LogP contribution in [-0.2, 0) is 19.6 Å². The molecule has 2 heterocycles. The van der Waals surface area contributed by atoms with Gasteiger partial charge in [0.05, 0.1) is 23.9 Å². The van der Waals surface area contributed by atoms with Crippen LogP contribution < -0.4 is 5.32 Å². The van der Waals surface area contributed by atoms with Crippen molar-refractivity contribution in [2.45, 2.75) is 19.6 Å². The molecular formula is C14H19N3O. The Balaban J connectivity index is 1.93. The van der Waals surface area contributed by atoms with E-state index in [4.69, 9.17) is 4.42 Å². The zero-order chi connectivity index (χ0) is 12.8. The van der Waals surface area contributed by atoms with E-state index in [0.29, 0.717) is 0 Å². The zero-order valence-corrected chi connectivity index (χ0v) is 10.9. The quantitative estimate of drug-likeness (QED) is 0.845. The first-order chi connectivity index (χ1) is 8.78. The molecule has 0 aliphatic heterocycles. The average molecular weight is 245 g/mol. The predicted molar refractivity (Wildman–Crippen MR) is 70.9 cm³/mol. The van der Waals surface area contributed by atoms with E-state index in [2.05, 4.69) is 34.4 Å². The van der Waals surface area contributed by atoms with Crippen molar-refractivity contribution in [3.8, 4) is 0 Å². The van der Waals surface area contributed by atoms with E-state index in [1.165, 1.54) is 5.56 Å². The van der Waals surface area contributed by atoms with Gasteiger partial charge in [-0.1, -0.05) is 6.07 Å².